The maximum atomic E-state index is 13.6. The van der Waals surface area contributed by atoms with E-state index in [0.717, 1.165) is 16.4 Å². The number of hydrogen-bond donors (Lipinski definition) is 1. The van der Waals surface area contributed by atoms with Gasteiger partial charge in [0, 0.05) is 16.0 Å². The van der Waals surface area contributed by atoms with E-state index < -0.39 is 0 Å². The summed E-state index contributed by atoms with van der Waals surface area (Å²) in [7, 11) is 0. The highest BCUT2D eigenvalue weighted by Crippen LogP contribution is 2.33. The van der Waals surface area contributed by atoms with Crippen LogP contribution in [0, 0.1) is 19.7 Å². The highest BCUT2D eigenvalue weighted by Gasteiger charge is 2.22. The fourth-order valence-electron chi connectivity index (χ4n) is 2.13. The van der Waals surface area contributed by atoms with E-state index in [9.17, 15) is 4.39 Å². The molecule has 0 aliphatic rings. The Hall–Kier alpha value is -1.42. The molecule has 1 heterocycles. The van der Waals surface area contributed by atoms with E-state index in [1.54, 1.807) is 30.4 Å². The normalized spacial score (nSPS) is 13.3. The standard InChI is InChI=1S/C17H23FN2S/c1-10-7-8-13(9-14(10)18)19-11(2)15-12(3)20-16(21-15)17(4,5)6/h7-9,11,19H,1-6H3. The number of benzene rings is 1. The van der Waals surface area contributed by atoms with Gasteiger partial charge in [0.25, 0.3) is 0 Å². The van der Waals surface area contributed by atoms with E-state index >= 15 is 0 Å². The molecule has 2 rings (SSSR count). The zero-order valence-electron chi connectivity index (χ0n) is 13.5. The molecule has 0 saturated heterocycles. The SMILES string of the molecule is Cc1ccc(NC(C)c2sc(C(C)(C)C)nc2C)cc1F. The van der Waals surface area contributed by atoms with Crippen LogP contribution in [0.4, 0.5) is 10.1 Å². The quantitative estimate of drug-likeness (QED) is 0.824. The molecule has 1 unspecified atom stereocenters. The molecule has 0 amide bonds. The van der Waals surface area contributed by atoms with Gasteiger partial charge < -0.3 is 5.32 Å². The van der Waals surface area contributed by atoms with E-state index in [4.69, 9.17) is 0 Å². The monoisotopic (exact) mass is 306 g/mol. The number of halogens is 1. The molecule has 1 aromatic heterocycles. The van der Waals surface area contributed by atoms with Gasteiger partial charge >= 0.3 is 0 Å². The zero-order chi connectivity index (χ0) is 15.8. The summed E-state index contributed by atoms with van der Waals surface area (Å²) in [5, 5.41) is 4.50. The van der Waals surface area contributed by atoms with Crippen LogP contribution in [0.3, 0.4) is 0 Å². The number of rotatable bonds is 3. The van der Waals surface area contributed by atoms with Gasteiger partial charge in [-0.1, -0.05) is 26.8 Å². The van der Waals surface area contributed by atoms with Crippen LogP contribution in [0.25, 0.3) is 0 Å². The second kappa shape index (κ2) is 5.76. The molecule has 0 saturated carbocycles. The largest absolute Gasteiger partial charge is 0.378 e. The van der Waals surface area contributed by atoms with Crippen LogP contribution in [-0.2, 0) is 5.41 Å². The summed E-state index contributed by atoms with van der Waals surface area (Å²) in [5.74, 6) is -0.177. The first-order valence-electron chi connectivity index (χ1n) is 7.19. The molecule has 114 valence electrons. The molecule has 0 radical (unpaired) electrons. The number of thiazole rings is 1. The van der Waals surface area contributed by atoms with E-state index in [2.05, 4.69) is 38.0 Å². The molecule has 1 aromatic carbocycles. The van der Waals surface area contributed by atoms with Crippen molar-refractivity contribution < 1.29 is 4.39 Å². The van der Waals surface area contributed by atoms with E-state index in [1.165, 1.54) is 4.88 Å². The molecule has 2 nitrogen and oxygen atoms in total. The smallest absolute Gasteiger partial charge is 0.128 e. The van der Waals surface area contributed by atoms with Crippen molar-refractivity contribution in [3.05, 3.63) is 45.2 Å². The minimum Gasteiger partial charge on any atom is -0.378 e. The van der Waals surface area contributed by atoms with Gasteiger partial charge in [0.1, 0.15) is 5.82 Å². The third-order valence-corrected chi connectivity index (χ3v) is 5.19. The van der Waals surface area contributed by atoms with Crippen molar-refractivity contribution in [2.75, 3.05) is 5.32 Å². The van der Waals surface area contributed by atoms with Gasteiger partial charge in [-0.05, 0) is 38.5 Å². The topological polar surface area (TPSA) is 24.9 Å². The van der Waals surface area contributed by atoms with Crippen LogP contribution in [-0.4, -0.2) is 4.98 Å². The van der Waals surface area contributed by atoms with Gasteiger partial charge in [-0.2, -0.15) is 0 Å². The maximum Gasteiger partial charge on any atom is 0.128 e. The predicted octanol–water partition coefficient (Wildman–Crippen LogP) is 5.37. The lowest BCUT2D eigenvalue weighted by atomic mass is 9.98. The molecule has 0 bridgehead atoms. The summed E-state index contributed by atoms with van der Waals surface area (Å²) in [6.45, 7) is 12.4. The van der Waals surface area contributed by atoms with Crippen LogP contribution in [0.1, 0.15) is 54.9 Å². The molecular weight excluding hydrogens is 283 g/mol. The summed E-state index contributed by atoms with van der Waals surface area (Å²) >= 11 is 1.73. The highest BCUT2D eigenvalue weighted by molar-refractivity contribution is 7.12. The van der Waals surface area contributed by atoms with Gasteiger partial charge in [0.15, 0.2) is 0 Å². The highest BCUT2D eigenvalue weighted by atomic mass is 32.1. The van der Waals surface area contributed by atoms with E-state index in [0.29, 0.717) is 5.56 Å². The third kappa shape index (κ3) is 3.62. The molecule has 1 N–H and O–H groups in total. The Morgan fingerprint density at radius 3 is 2.43 bits per heavy atom. The van der Waals surface area contributed by atoms with Gasteiger partial charge in [-0.25, -0.2) is 9.37 Å². The number of anilines is 1. The molecular formula is C17H23FN2S. The minimum atomic E-state index is -0.177. The Morgan fingerprint density at radius 2 is 1.90 bits per heavy atom. The molecule has 0 aliphatic heterocycles. The number of aryl methyl sites for hydroxylation is 2. The van der Waals surface area contributed by atoms with Crippen LogP contribution in [0.5, 0.6) is 0 Å². The Balaban J connectivity index is 2.22. The Morgan fingerprint density at radius 1 is 1.24 bits per heavy atom. The van der Waals surface area contributed by atoms with E-state index in [-0.39, 0.29) is 17.3 Å². The molecule has 21 heavy (non-hydrogen) atoms. The summed E-state index contributed by atoms with van der Waals surface area (Å²) in [4.78, 5) is 5.89. The van der Waals surface area contributed by atoms with Crippen molar-refractivity contribution in [3.63, 3.8) is 0 Å². The number of nitrogens with zero attached hydrogens (tertiary/aromatic N) is 1. The van der Waals surface area contributed by atoms with Crippen molar-refractivity contribution in [3.8, 4) is 0 Å². The van der Waals surface area contributed by atoms with Crippen LogP contribution in [0.2, 0.25) is 0 Å². The first-order valence-corrected chi connectivity index (χ1v) is 8.00. The average Bonchev–Trinajstić information content (AvgIpc) is 2.76. The molecule has 0 spiro atoms. The fourth-order valence-corrected chi connectivity index (χ4v) is 3.26. The van der Waals surface area contributed by atoms with Crippen LogP contribution >= 0.6 is 11.3 Å². The second-order valence-electron chi connectivity index (χ2n) is 6.55. The molecule has 0 fully saturated rings. The first-order chi connectivity index (χ1) is 9.68. The third-order valence-electron chi connectivity index (χ3n) is 3.42. The average molecular weight is 306 g/mol. The predicted molar refractivity (Wildman–Crippen MR) is 88.7 cm³/mol. The zero-order valence-corrected chi connectivity index (χ0v) is 14.4. The Labute approximate surface area is 130 Å². The van der Waals surface area contributed by atoms with Crippen LogP contribution in [0.15, 0.2) is 18.2 Å². The van der Waals surface area contributed by atoms with Crippen molar-refractivity contribution in [1.82, 2.24) is 4.98 Å². The van der Waals surface area contributed by atoms with Crippen molar-refractivity contribution in [1.29, 1.82) is 0 Å². The minimum absolute atomic E-state index is 0.0589. The summed E-state index contributed by atoms with van der Waals surface area (Å²) in [5.41, 5.74) is 2.58. The van der Waals surface area contributed by atoms with Gasteiger partial charge in [0.2, 0.25) is 0 Å². The Kier molecular flexibility index (Phi) is 4.38. The maximum absolute atomic E-state index is 13.6. The fraction of sp³-hybridized carbons (Fsp3) is 0.471. The second-order valence-corrected chi connectivity index (χ2v) is 7.58. The lowest BCUT2D eigenvalue weighted by Gasteiger charge is -2.16. The summed E-state index contributed by atoms with van der Waals surface area (Å²) in [6, 6.07) is 5.37. The molecule has 1 atom stereocenters. The molecule has 4 heteroatoms. The molecule has 2 aromatic rings. The number of hydrogen-bond acceptors (Lipinski definition) is 3. The lowest BCUT2D eigenvalue weighted by Crippen LogP contribution is -2.10. The summed E-state index contributed by atoms with van der Waals surface area (Å²) < 4.78 is 13.6. The van der Waals surface area contributed by atoms with Crippen molar-refractivity contribution in [2.24, 2.45) is 0 Å². The van der Waals surface area contributed by atoms with E-state index in [1.807, 2.05) is 13.0 Å². The van der Waals surface area contributed by atoms with Gasteiger partial charge in [0.05, 0.1) is 16.7 Å². The van der Waals surface area contributed by atoms with Crippen molar-refractivity contribution >= 4 is 17.0 Å². The van der Waals surface area contributed by atoms with Crippen LogP contribution < -0.4 is 5.32 Å². The van der Waals surface area contributed by atoms with Gasteiger partial charge in [-0.3, -0.25) is 0 Å². The number of nitrogens with one attached hydrogen (secondary N) is 1. The van der Waals surface area contributed by atoms with Gasteiger partial charge in [-0.15, -0.1) is 11.3 Å². The first kappa shape index (κ1) is 16.0. The molecule has 0 aliphatic carbocycles. The summed E-state index contributed by atoms with van der Waals surface area (Å²) in [6.07, 6.45) is 0. The lowest BCUT2D eigenvalue weighted by molar-refractivity contribution is 0.584. The van der Waals surface area contributed by atoms with Crippen molar-refractivity contribution in [2.45, 2.75) is 53.0 Å². The Bertz CT molecular complexity index is 641. The number of aromatic nitrogens is 1.